The standard InChI is InChI=1S/C20H18N2O5S3/c1-13(19(23)21-15-6-4-14(5-7-15)20(24)25)29-17-10-8-16(9-11-17)22-30(26,27)18-3-2-12-28-18/h2-13,22H,1H3,(H,21,23)(H,24,25). The first-order chi connectivity index (χ1) is 14.2. The van der Waals surface area contributed by atoms with E-state index in [1.807, 2.05) is 0 Å². The lowest BCUT2D eigenvalue weighted by atomic mass is 10.2. The number of carboxylic acids is 1. The van der Waals surface area contributed by atoms with Crippen molar-refractivity contribution in [1.29, 1.82) is 0 Å². The fraction of sp³-hybridized carbons (Fsp3) is 0.100. The van der Waals surface area contributed by atoms with E-state index in [0.717, 1.165) is 16.2 Å². The molecule has 7 nitrogen and oxygen atoms in total. The molecule has 1 unspecified atom stereocenters. The maximum absolute atomic E-state index is 12.4. The summed E-state index contributed by atoms with van der Waals surface area (Å²) >= 11 is 2.46. The molecule has 0 saturated heterocycles. The van der Waals surface area contributed by atoms with Gasteiger partial charge in [0.05, 0.1) is 10.8 Å². The van der Waals surface area contributed by atoms with Gasteiger partial charge in [-0.15, -0.1) is 23.1 Å². The fourth-order valence-corrected chi connectivity index (χ4v) is 5.34. The van der Waals surface area contributed by atoms with Crippen LogP contribution in [0, 0.1) is 0 Å². The smallest absolute Gasteiger partial charge is 0.335 e. The molecule has 0 bridgehead atoms. The van der Waals surface area contributed by atoms with Crippen LogP contribution in [0.5, 0.6) is 0 Å². The van der Waals surface area contributed by atoms with Crippen molar-refractivity contribution < 1.29 is 23.1 Å². The second-order valence-electron chi connectivity index (χ2n) is 6.19. The number of carboxylic acid groups (broad SMARTS) is 1. The Morgan fingerprint density at radius 3 is 2.20 bits per heavy atom. The number of anilines is 2. The first-order valence-corrected chi connectivity index (χ1v) is 12.0. The van der Waals surface area contributed by atoms with Crippen molar-refractivity contribution in [3.63, 3.8) is 0 Å². The van der Waals surface area contributed by atoms with Crippen molar-refractivity contribution in [2.75, 3.05) is 10.0 Å². The molecule has 0 aliphatic carbocycles. The number of thiophene rings is 1. The van der Waals surface area contributed by atoms with Gasteiger partial charge >= 0.3 is 5.97 Å². The third kappa shape index (κ3) is 5.62. The summed E-state index contributed by atoms with van der Waals surface area (Å²) in [6, 6.07) is 15.9. The van der Waals surface area contributed by atoms with E-state index in [4.69, 9.17) is 5.11 Å². The maximum Gasteiger partial charge on any atom is 0.335 e. The van der Waals surface area contributed by atoms with Crippen LogP contribution in [-0.2, 0) is 14.8 Å². The van der Waals surface area contributed by atoms with Gasteiger partial charge < -0.3 is 10.4 Å². The summed E-state index contributed by atoms with van der Waals surface area (Å²) in [4.78, 5) is 24.1. The van der Waals surface area contributed by atoms with Gasteiger partial charge in [-0.2, -0.15) is 0 Å². The number of nitrogens with one attached hydrogen (secondary N) is 2. The van der Waals surface area contributed by atoms with Crippen LogP contribution in [0.25, 0.3) is 0 Å². The summed E-state index contributed by atoms with van der Waals surface area (Å²) in [5.41, 5.74) is 1.09. The molecule has 0 spiro atoms. The average molecular weight is 463 g/mol. The molecule has 0 fully saturated rings. The fourth-order valence-electron chi connectivity index (χ4n) is 2.42. The zero-order valence-electron chi connectivity index (χ0n) is 15.7. The summed E-state index contributed by atoms with van der Waals surface area (Å²) in [5.74, 6) is -1.26. The predicted octanol–water partition coefficient (Wildman–Crippen LogP) is 4.37. The van der Waals surface area contributed by atoms with Gasteiger partial charge in [0, 0.05) is 16.3 Å². The van der Waals surface area contributed by atoms with Crippen molar-refractivity contribution in [2.45, 2.75) is 21.3 Å². The predicted molar refractivity (Wildman–Crippen MR) is 119 cm³/mol. The Labute approximate surface area is 182 Å². The van der Waals surface area contributed by atoms with Crippen LogP contribution >= 0.6 is 23.1 Å². The molecule has 0 aliphatic heterocycles. The molecule has 2 aromatic carbocycles. The second-order valence-corrected chi connectivity index (χ2v) is 10.5. The Bertz CT molecular complexity index is 1130. The van der Waals surface area contributed by atoms with Gasteiger partial charge in [-0.1, -0.05) is 6.07 Å². The molecule has 0 radical (unpaired) electrons. The Morgan fingerprint density at radius 1 is 1.00 bits per heavy atom. The van der Waals surface area contributed by atoms with E-state index in [0.29, 0.717) is 11.4 Å². The molecule has 3 aromatic rings. The summed E-state index contributed by atoms with van der Waals surface area (Å²) in [6.45, 7) is 1.75. The van der Waals surface area contributed by atoms with Gasteiger partial charge in [0.15, 0.2) is 0 Å². The molecule has 3 rings (SSSR count). The van der Waals surface area contributed by atoms with Gasteiger partial charge in [-0.3, -0.25) is 9.52 Å². The monoisotopic (exact) mass is 462 g/mol. The van der Waals surface area contributed by atoms with Crippen LogP contribution in [0.3, 0.4) is 0 Å². The highest BCUT2D eigenvalue weighted by molar-refractivity contribution is 8.00. The number of hydrogen-bond acceptors (Lipinski definition) is 6. The van der Waals surface area contributed by atoms with Gasteiger partial charge in [-0.05, 0) is 66.9 Å². The molecule has 1 aromatic heterocycles. The van der Waals surface area contributed by atoms with Crippen molar-refractivity contribution in [3.05, 3.63) is 71.6 Å². The molecule has 0 saturated carbocycles. The Morgan fingerprint density at radius 2 is 1.63 bits per heavy atom. The first-order valence-electron chi connectivity index (χ1n) is 8.72. The Kier molecular flexibility index (Phi) is 6.80. The number of hydrogen-bond donors (Lipinski definition) is 3. The molecule has 1 heterocycles. The minimum Gasteiger partial charge on any atom is -0.478 e. The lowest BCUT2D eigenvalue weighted by molar-refractivity contribution is -0.115. The second kappa shape index (κ2) is 9.33. The van der Waals surface area contributed by atoms with Crippen LogP contribution in [0.4, 0.5) is 11.4 Å². The van der Waals surface area contributed by atoms with E-state index in [9.17, 15) is 18.0 Å². The molecule has 10 heteroatoms. The normalized spacial score (nSPS) is 12.2. The van der Waals surface area contributed by atoms with Crippen molar-refractivity contribution in [3.8, 4) is 0 Å². The zero-order chi connectivity index (χ0) is 21.7. The minimum absolute atomic E-state index is 0.144. The highest BCUT2D eigenvalue weighted by Gasteiger charge is 2.17. The van der Waals surface area contributed by atoms with E-state index in [1.165, 1.54) is 42.1 Å². The molecule has 30 heavy (non-hydrogen) atoms. The molecular formula is C20H18N2O5S3. The number of sulfonamides is 1. The van der Waals surface area contributed by atoms with Crippen molar-refractivity contribution >= 4 is 56.4 Å². The third-order valence-corrected chi connectivity index (χ3v) is 7.84. The van der Waals surface area contributed by atoms with E-state index in [1.54, 1.807) is 42.6 Å². The Balaban J connectivity index is 1.58. The third-order valence-electron chi connectivity index (χ3n) is 3.95. The number of aromatic carboxylic acids is 1. The zero-order valence-corrected chi connectivity index (χ0v) is 18.2. The van der Waals surface area contributed by atoms with E-state index >= 15 is 0 Å². The maximum atomic E-state index is 12.4. The highest BCUT2D eigenvalue weighted by atomic mass is 32.2. The van der Waals surface area contributed by atoms with Gasteiger partial charge in [0.25, 0.3) is 10.0 Å². The minimum atomic E-state index is -3.60. The van der Waals surface area contributed by atoms with Crippen molar-refractivity contribution in [1.82, 2.24) is 0 Å². The van der Waals surface area contributed by atoms with Gasteiger partial charge in [-0.25, -0.2) is 13.2 Å². The summed E-state index contributed by atoms with van der Waals surface area (Å²) in [6.07, 6.45) is 0. The first kappa shape index (κ1) is 21.9. The molecule has 1 amide bonds. The summed E-state index contributed by atoms with van der Waals surface area (Å²) in [5, 5.41) is 12.9. The largest absolute Gasteiger partial charge is 0.478 e. The summed E-state index contributed by atoms with van der Waals surface area (Å²) in [7, 11) is -3.60. The van der Waals surface area contributed by atoms with Crippen molar-refractivity contribution in [2.24, 2.45) is 0 Å². The molecule has 1 atom stereocenters. The quantitative estimate of drug-likeness (QED) is 0.429. The van der Waals surface area contributed by atoms with Gasteiger partial charge in [0.2, 0.25) is 5.91 Å². The van der Waals surface area contributed by atoms with Crippen LogP contribution in [0.2, 0.25) is 0 Å². The van der Waals surface area contributed by atoms with Crippen LogP contribution in [-0.4, -0.2) is 30.7 Å². The number of carbonyl (C=O) groups excluding carboxylic acids is 1. The molecular weight excluding hydrogens is 444 g/mol. The number of benzene rings is 2. The highest BCUT2D eigenvalue weighted by Crippen LogP contribution is 2.27. The van der Waals surface area contributed by atoms with Crippen LogP contribution in [0.1, 0.15) is 17.3 Å². The number of amides is 1. The molecule has 3 N–H and O–H groups in total. The number of rotatable bonds is 8. The number of carbonyl (C=O) groups is 2. The topological polar surface area (TPSA) is 113 Å². The Hall–Kier alpha value is -2.82. The molecule has 156 valence electrons. The average Bonchev–Trinajstić information content (AvgIpc) is 3.25. The van der Waals surface area contributed by atoms with Gasteiger partial charge in [0.1, 0.15) is 4.21 Å². The number of thioether (sulfide) groups is 1. The van der Waals surface area contributed by atoms with E-state index in [-0.39, 0.29) is 15.7 Å². The summed E-state index contributed by atoms with van der Waals surface area (Å²) < 4.78 is 27.3. The van der Waals surface area contributed by atoms with E-state index < -0.39 is 21.2 Å². The molecule has 0 aliphatic rings. The SMILES string of the molecule is CC(Sc1ccc(NS(=O)(=O)c2cccs2)cc1)C(=O)Nc1ccc(C(=O)O)cc1. The lowest BCUT2D eigenvalue weighted by Gasteiger charge is -2.13. The van der Waals surface area contributed by atoms with Crippen LogP contribution < -0.4 is 10.0 Å². The van der Waals surface area contributed by atoms with Crippen LogP contribution in [0.15, 0.2) is 75.1 Å². The van der Waals surface area contributed by atoms with E-state index in [2.05, 4.69) is 10.0 Å². The lowest BCUT2D eigenvalue weighted by Crippen LogP contribution is -2.22.